The molecule has 1 aromatic carbocycles. The monoisotopic (exact) mass is 284 g/mol. The summed E-state index contributed by atoms with van der Waals surface area (Å²) in [7, 11) is 0. The zero-order valence-electron chi connectivity index (χ0n) is 11.4. The molecule has 0 radical (unpaired) electrons. The molecule has 1 aromatic rings. The highest BCUT2D eigenvalue weighted by Crippen LogP contribution is 2.30. The first-order valence-corrected chi connectivity index (χ1v) is 7.74. The van der Waals surface area contributed by atoms with E-state index in [1.165, 1.54) is 0 Å². The van der Waals surface area contributed by atoms with Crippen LogP contribution in [0.4, 0.5) is 0 Å². The van der Waals surface area contributed by atoms with E-state index in [9.17, 15) is 10.2 Å². The van der Waals surface area contributed by atoms with Crippen LogP contribution in [0.25, 0.3) is 0 Å². The number of benzene rings is 1. The van der Waals surface area contributed by atoms with E-state index in [4.69, 9.17) is 5.11 Å². The summed E-state index contributed by atoms with van der Waals surface area (Å²) in [5.41, 5.74) is 0. The van der Waals surface area contributed by atoms with Gasteiger partial charge in [-0.1, -0.05) is 38.0 Å². The minimum Gasteiger partial charge on any atom is -0.394 e. The molecule has 0 amide bonds. The van der Waals surface area contributed by atoms with Gasteiger partial charge in [-0.05, 0) is 25.0 Å². The molecule has 0 heterocycles. The molecule has 3 N–H and O–H groups in total. The molecule has 0 aromatic heterocycles. The van der Waals surface area contributed by atoms with Crippen LogP contribution in [0.1, 0.15) is 32.6 Å². The highest BCUT2D eigenvalue weighted by molar-refractivity contribution is 8.00. The Morgan fingerprint density at radius 3 is 2.42 bits per heavy atom. The molecule has 1 rings (SSSR count). The van der Waals surface area contributed by atoms with Crippen LogP contribution in [0.2, 0.25) is 0 Å². The topological polar surface area (TPSA) is 60.7 Å². The van der Waals surface area contributed by atoms with Crippen molar-refractivity contribution in [3.05, 3.63) is 30.3 Å². The Balaban J connectivity index is 2.62. The first-order valence-electron chi connectivity index (χ1n) is 6.86. The zero-order valence-corrected chi connectivity index (χ0v) is 12.2. The van der Waals surface area contributed by atoms with Crippen LogP contribution in [0, 0.1) is 0 Å². The molecule has 3 nitrogen and oxygen atoms in total. The maximum Gasteiger partial charge on any atom is 0.0782 e. The van der Waals surface area contributed by atoms with Crippen molar-refractivity contribution in [3.63, 3.8) is 0 Å². The maximum atomic E-state index is 10.2. The second-order valence-electron chi connectivity index (χ2n) is 4.75. The van der Waals surface area contributed by atoms with Crippen LogP contribution in [0.5, 0.6) is 0 Å². The van der Waals surface area contributed by atoms with Crippen LogP contribution in [-0.2, 0) is 0 Å². The summed E-state index contributed by atoms with van der Waals surface area (Å²) in [4.78, 5) is 1.08. The van der Waals surface area contributed by atoms with Crippen LogP contribution >= 0.6 is 11.8 Å². The summed E-state index contributed by atoms with van der Waals surface area (Å²) >= 11 is 1.57. The van der Waals surface area contributed by atoms with Gasteiger partial charge in [0.25, 0.3) is 0 Å². The van der Waals surface area contributed by atoms with E-state index in [1.54, 1.807) is 11.8 Å². The van der Waals surface area contributed by atoms with Gasteiger partial charge in [0.2, 0.25) is 0 Å². The van der Waals surface area contributed by atoms with Crippen LogP contribution < -0.4 is 0 Å². The smallest absolute Gasteiger partial charge is 0.0782 e. The first-order chi connectivity index (χ1) is 9.17. The van der Waals surface area contributed by atoms with Crippen molar-refractivity contribution in [2.75, 3.05) is 6.61 Å². The molecule has 19 heavy (non-hydrogen) atoms. The average Bonchev–Trinajstić information content (AvgIpc) is 2.44. The molecule has 0 bridgehead atoms. The van der Waals surface area contributed by atoms with E-state index in [-0.39, 0.29) is 11.9 Å². The van der Waals surface area contributed by atoms with Gasteiger partial charge in [0.1, 0.15) is 0 Å². The van der Waals surface area contributed by atoms with Gasteiger partial charge in [-0.15, -0.1) is 11.8 Å². The molecule has 4 heteroatoms. The molecule has 0 saturated heterocycles. The largest absolute Gasteiger partial charge is 0.394 e. The van der Waals surface area contributed by atoms with Gasteiger partial charge in [-0.3, -0.25) is 0 Å². The summed E-state index contributed by atoms with van der Waals surface area (Å²) in [5.74, 6) is 0. The summed E-state index contributed by atoms with van der Waals surface area (Å²) in [6, 6.07) is 9.86. The maximum absolute atomic E-state index is 10.2. The Hall–Kier alpha value is -0.550. The molecule has 0 unspecified atom stereocenters. The lowest BCUT2D eigenvalue weighted by molar-refractivity contribution is 0.0695. The first kappa shape index (κ1) is 16.5. The lowest BCUT2D eigenvalue weighted by atomic mass is 10.0. The zero-order chi connectivity index (χ0) is 14.1. The van der Waals surface area contributed by atoms with E-state index >= 15 is 0 Å². The van der Waals surface area contributed by atoms with E-state index < -0.39 is 12.2 Å². The Labute approximate surface area is 119 Å². The van der Waals surface area contributed by atoms with Crippen LogP contribution in [-0.4, -0.2) is 39.4 Å². The van der Waals surface area contributed by atoms with Crippen molar-refractivity contribution in [3.8, 4) is 0 Å². The molecular weight excluding hydrogens is 260 g/mol. The molecular formula is C15H24O3S. The third kappa shape index (κ3) is 6.43. The molecule has 0 aliphatic heterocycles. The number of aliphatic hydroxyl groups excluding tert-OH is 3. The highest BCUT2D eigenvalue weighted by Gasteiger charge is 2.23. The van der Waals surface area contributed by atoms with Crippen molar-refractivity contribution in [2.24, 2.45) is 0 Å². The third-order valence-electron chi connectivity index (χ3n) is 3.03. The quantitative estimate of drug-likeness (QED) is 0.610. The fourth-order valence-electron chi connectivity index (χ4n) is 1.90. The molecule has 0 aliphatic rings. The summed E-state index contributed by atoms with van der Waals surface area (Å²) < 4.78 is 0. The van der Waals surface area contributed by atoms with Gasteiger partial charge < -0.3 is 15.3 Å². The van der Waals surface area contributed by atoms with Gasteiger partial charge in [-0.2, -0.15) is 0 Å². The normalized spacial score (nSPS) is 16.0. The van der Waals surface area contributed by atoms with Crippen LogP contribution in [0.15, 0.2) is 35.2 Å². The van der Waals surface area contributed by atoms with E-state index in [0.717, 1.165) is 24.2 Å². The van der Waals surface area contributed by atoms with Crippen LogP contribution in [0.3, 0.4) is 0 Å². The lowest BCUT2D eigenvalue weighted by Gasteiger charge is -2.24. The van der Waals surface area contributed by atoms with Crippen molar-refractivity contribution >= 4 is 11.8 Å². The molecule has 0 saturated carbocycles. The predicted octanol–water partition coefficient (Wildman–Crippen LogP) is 2.44. The molecule has 0 aliphatic carbocycles. The van der Waals surface area contributed by atoms with Crippen molar-refractivity contribution < 1.29 is 15.3 Å². The van der Waals surface area contributed by atoms with Gasteiger partial charge in [0.15, 0.2) is 0 Å². The van der Waals surface area contributed by atoms with Gasteiger partial charge in [-0.25, -0.2) is 0 Å². The number of hydrogen-bond donors (Lipinski definition) is 3. The summed E-state index contributed by atoms with van der Waals surface area (Å²) in [6.45, 7) is 1.83. The average molecular weight is 284 g/mol. The Kier molecular flexibility index (Phi) is 8.14. The molecule has 3 atom stereocenters. The number of thioether (sulfide) groups is 1. The molecule has 0 spiro atoms. The van der Waals surface area contributed by atoms with E-state index in [0.29, 0.717) is 6.42 Å². The number of hydrogen-bond acceptors (Lipinski definition) is 4. The lowest BCUT2D eigenvalue weighted by Crippen LogP contribution is -2.29. The SMILES string of the molecule is CCCC[C@H](O)[C@H](C[C@H](O)CO)Sc1ccccc1. The van der Waals surface area contributed by atoms with Gasteiger partial charge >= 0.3 is 0 Å². The number of unbranched alkanes of at least 4 members (excludes halogenated alkanes) is 1. The second kappa shape index (κ2) is 9.37. The van der Waals surface area contributed by atoms with Crippen molar-refractivity contribution in [2.45, 2.75) is 55.0 Å². The second-order valence-corrected chi connectivity index (χ2v) is 6.06. The fraction of sp³-hybridized carbons (Fsp3) is 0.600. The summed E-state index contributed by atoms with van der Waals surface area (Å²) in [5, 5.41) is 28.7. The van der Waals surface area contributed by atoms with E-state index in [2.05, 4.69) is 6.92 Å². The Morgan fingerprint density at radius 2 is 1.84 bits per heavy atom. The van der Waals surface area contributed by atoms with Crippen molar-refractivity contribution in [1.82, 2.24) is 0 Å². The summed E-state index contributed by atoms with van der Waals surface area (Å²) in [6.07, 6.45) is 1.94. The van der Waals surface area contributed by atoms with E-state index in [1.807, 2.05) is 30.3 Å². The Morgan fingerprint density at radius 1 is 1.16 bits per heavy atom. The Bertz CT molecular complexity index is 331. The predicted molar refractivity (Wildman–Crippen MR) is 79.3 cm³/mol. The number of aliphatic hydroxyl groups is 3. The van der Waals surface area contributed by atoms with Gasteiger partial charge in [0, 0.05) is 10.1 Å². The fourth-order valence-corrected chi connectivity index (χ4v) is 3.17. The van der Waals surface area contributed by atoms with Crippen molar-refractivity contribution in [1.29, 1.82) is 0 Å². The minimum absolute atomic E-state index is 0.0869. The minimum atomic E-state index is -0.766. The standard InChI is InChI=1S/C15H24O3S/c1-2-3-9-14(18)15(10-12(17)11-16)19-13-7-5-4-6-8-13/h4-8,12,14-18H,2-3,9-11H2,1H3/t12-,14-,15-/m0/s1. The van der Waals surface area contributed by atoms with Gasteiger partial charge in [0.05, 0.1) is 18.8 Å². The number of rotatable bonds is 9. The highest BCUT2D eigenvalue weighted by atomic mass is 32.2. The molecule has 108 valence electrons. The molecule has 0 fully saturated rings. The third-order valence-corrected chi connectivity index (χ3v) is 4.38.